The number of Topliss-reactive ketones (excluding diaryl/α,β-unsaturated/α-hetero) is 3. The van der Waals surface area contributed by atoms with Crippen LogP contribution < -0.4 is 21.3 Å². The van der Waals surface area contributed by atoms with E-state index in [-0.39, 0.29) is 80.0 Å². The van der Waals surface area contributed by atoms with Gasteiger partial charge in [0.05, 0.1) is 67.5 Å². The van der Waals surface area contributed by atoms with E-state index >= 15 is 0 Å². The van der Waals surface area contributed by atoms with Gasteiger partial charge in [0, 0.05) is 48.4 Å². The Balaban J connectivity index is 0.00000133. The molecular formula is C75H96N4O21. The molecule has 0 radical (unpaired) electrons. The minimum Gasteiger partial charge on any atom is -0.469 e. The molecule has 0 heterocycles. The number of carbonyl (C=O) groups excluding carboxylic acids is 14. The number of nitrogens with one attached hydrogen (secondary N) is 4. The van der Waals surface area contributed by atoms with E-state index in [4.69, 9.17) is 18.9 Å². The summed E-state index contributed by atoms with van der Waals surface area (Å²) < 4.78 is 32.9. The number of carbonyl (C=O) groups is 14. The van der Waals surface area contributed by atoms with Gasteiger partial charge in [-0.3, -0.25) is 38.4 Å². The fourth-order valence-corrected chi connectivity index (χ4v) is 8.76. The van der Waals surface area contributed by atoms with Crippen LogP contribution in [0.1, 0.15) is 140 Å². The van der Waals surface area contributed by atoms with Crippen LogP contribution in [0.4, 0.5) is 0 Å². The van der Waals surface area contributed by atoms with Gasteiger partial charge in [0.2, 0.25) is 5.91 Å². The highest BCUT2D eigenvalue weighted by atomic mass is 16.5. The first-order valence-electron chi connectivity index (χ1n) is 31.9. The highest BCUT2D eigenvalue weighted by Crippen LogP contribution is 2.18. The van der Waals surface area contributed by atoms with Crippen LogP contribution >= 0.6 is 0 Å². The van der Waals surface area contributed by atoms with Crippen LogP contribution in [0, 0.1) is 17.8 Å². The SMILES string of the molecule is C=CC[C@H](NC(=O)c1ccccc1)C(=O)OC.CC.COC(=O)[C@H](CC=CC[C@H](NC(=O)c1ccccc1)C(=O)OC)CC(=O)c1ccccc1.COC(=O)[C@H](CC=CC[C@H](NC(=O)c1ccccc1)C(=O)OC)CC(C)=O.COC(=O)[C@H](CC=CC[C@H](NC(C)=O)C(=O)OC)CC(C)=O. The van der Waals surface area contributed by atoms with Crippen molar-refractivity contribution < 1.29 is 100 Å². The van der Waals surface area contributed by atoms with Crippen molar-refractivity contribution >= 4 is 82.8 Å². The second-order valence-corrected chi connectivity index (χ2v) is 21.3. The van der Waals surface area contributed by atoms with Crippen molar-refractivity contribution in [2.24, 2.45) is 17.8 Å². The maximum Gasteiger partial charge on any atom is 0.328 e. The van der Waals surface area contributed by atoms with Gasteiger partial charge in [-0.15, -0.1) is 6.58 Å². The Labute approximate surface area is 585 Å². The van der Waals surface area contributed by atoms with Crippen molar-refractivity contribution in [3.8, 4) is 0 Å². The van der Waals surface area contributed by atoms with E-state index in [1.165, 1.54) is 70.5 Å². The number of methoxy groups -OCH3 is 7. The third kappa shape index (κ3) is 37.5. The van der Waals surface area contributed by atoms with Crippen LogP contribution in [0.5, 0.6) is 0 Å². The Morgan fingerprint density at radius 2 is 0.550 bits per heavy atom. The molecule has 4 amide bonds. The smallest absolute Gasteiger partial charge is 0.328 e. The molecule has 0 spiro atoms. The van der Waals surface area contributed by atoms with Crippen molar-refractivity contribution in [3.63, 3.8) is 0 Å². The molecule has 0 unspecified atom stereocenters. The van der Waals surface area contributed by atoms with E-state index in [1.807, 2.05) is 26.0 Å². The summed E-state index contributed by atoms with van der Waals surface area (Å²) in [5.41, 5.74) is 1.89. The molecule has 0 aliphatic carbocycles. The topological polar surface area (TPSA) is 352 Å². The van der Waals surface area contributed by atoms with Crippen molar-refractivity contribution in [1.82, 2.24) is 21.3 Å². The predicted octanol–water partition coefficient (Wildman–Crippen LogP) is 8.75. The normalized spacial score (nSPS) is 12.4. The van der Waals surface area contributed by atoms with Gasteiger partial charge in [0.15, 0.2) is 5.78 Å². The summed E-state index contributed by atoms with van der Waals surface area (Å²) in [6.45, 7) is 11.7. The first-order valence-corrected chi connectivity index (χ1v) is 31.9. The molecule has 0 aromatic heterocycles. The van der Waals surface area contributed by atoms with Crippen LogP contribution in [-0.4, -0.2) is 157 Å². The summed E-state index contributed by atoms with van der Waals surface area (Å²) in [6, 6.07) is 31.3. The van der Waals surface area contributed by atoms with E-state index in [0.29, 0.717) is 41.5 Å². The molecule has 7 atom stereocenters. The molecule has 4 aromatic rings. The van der Waals surface area contributed by atoms with Crippen molar-refractivity contribution in [3.05, 3.63) is 193 Å². The van der Waals surface area contributed by atoms with E-state index in [2.05, 4.69) is 42.1 Å². The van der Waals surface area contributed by atoms with Crippen molar-refractivity contribution in [2.45, 2.75) is 123 Å². The second-order valence-electron chi connectivity index (χ2n) is 21.3. The van der Waals surface area contributed by atoms with Gasteiger partial charge in [-0.05, 0) is 95.2 Å². The highest BCUT2D eigenvalue weighted by molar-refractivity contribution is 5.99. The average molecular weight is 1390 g/mol. The number of amides is 4. The zero-order valence-electron chi connectivity index (χ0n) is 59.0. The first kappa shape index (κ1) is 89.0. The molecule has 4 aromatic carbocycles. The van der Waals surface area contributed by atoms with Gasteiger partial charge >= 0.3 is 41.8 Å². The van der Waals surface area contributed by atoms with Gasteiger partial charge in [-0.25, -0.2) is 19.2 Å². The third-order valence-electron chi connectivity index (χ3n) is 13.8. The Morgan fingerprint density at radius 3 is 0.790 bits per heavy atom. The van der Waals surface area contributed by atoms with E-state index in [0.717, 1.165) is 0 Å². The standard InChI is InChI=1S/C25H27NO6.C20H25NO6.C15H23NO6.C13H15NO3.C2H6/c1-31-24(29)20(17-22(27)18-11-5-3-6-12-18)15-9-10-16-21(25(30)32-2)26-23(28)19-13-7-4-8-14-19;1-14(22)13-16(19(24)26-2)11-7-8-12-17(20(25)27-3)21-18(23)15-9-5-4-6-10-15;1-10(17)9-12(14(19)21-3)7-5-6-8-13(15(20)22-4)16-11(2)18;1-3-7-11(13(16)17-2)14-12(15)10-8-5-4-6-9-10;1-2/h3-14,20-21H,15-17H2,1-2H3,(H,26,28);4-10,16-17H,11-13H2,1-3H3,(H,21,23);5-6,12-13H,7-9H2,1-4H3,(H,16,18);3-6,8-9,11H,1,7H2,2H3,(H,14,15);1-2H3/t20-,21+;16-,17+;12-,13+;11-;/m1110./s1. The molecular weight excluding hydrogens is 1290 g/mol. The van der Waals surface area contributed by atoms with Gasteiger partial charge in [-0.1, -0.05) is 141 Å². The Kier molecular flexibility index (Phi) is 47.3. The van der Waals surface area contributed by atoms with Gasteiger partial charge < -0.3 is 64.0 Å². The summed E-state index contributed by atoms with van der Waals surface area (Å²) in [5.74, 6) is -7.14. The molecule has 4 rings (SSSR count). The lowest BCUT2D eigenvalue weighted by molar-refractivity contribution is -0.147. The maximum atomic E-state index is 12.5. The lowest BCUT2D eigenvalue weighted by Gasteiger charge is -2.15. The summed E-state index contributed by atoms with van der Waals surface area (Å²) in [4.78, 5) is 164. The molecule has 0 bridgehead atoms. The molecule has 25 heteroatoms. The quantitative estimate of drug-likeness (QED) is 0.0145. The van der Waals surface area contributed by atoms with Gasteiger partial charge in [-0.2, -0.15) is 0 Å². The van der Waals surface area contributed by atoms with E-state index in [9.17, 15) is 67.1 Å². The minimum absolute atomic E-state index is 0.00615. The van der Waals surface area contributed by atoms with Crippen LogP contribution in [0.15, 0.2) is 170 Å². The van der Waals surface area contributed by atoms with E-state index in [1.54, 1.807) is 152 Å². The minimum atomic E-state index is -0.883. The lowest BCUT2D eigenvalue weighted by Crippen LogP contribution is -2.41. The van der Waals surface area contributed by atoms with Crippen LogP contribution in [0.25, 0.3) is 0 Å². The molecule has 0 aliphatic heterocycles. The zero-order chi connectivity index (χ0) is 75.4. The fourth-order valence-electron chi connectivity index (χ4n) is 8.76. The summed E-state index contributed by atoms with van der Waals surface area (Å²) in [7, 11) is 8.82. The number of ketones is 3. The highest BCUT2D eigenvalue weighted by Gasteiger charge is 2.27. The Bertz CT molecular complexity index is 3200. The Morgan fingerprint density at radius 1 is 0.320 bits per heavy atom. The molecule has 0 fully saturated rings. The molecule has 0 saturated heterocycles. The van der Waals surface area contributed by atoms with Gasteiger partial charge in [0.25, 0.3) is 17.7 Å². The average Bonchev–Trinajstić information content (AvgIpc) is 0.946. The monoisotopic (exact) mass is 1390 g/mol. The predicted molar refractivity (Wildman–Crippen MR) is 373 cm³/mol. The van der Waals surface area contributed by atoms with Crippen LogP contribution in [-0.2, 0) is 81.1 Å². The first-order chi connectivity index (χ1) is 47.8. The van der Waals surface area contributed by atoms with E-state index < -0.39 is 89.6 Å². The summed E-state index contributed by atoms with van der Waals surface area (Å²) in [6.07, 6.45) is 13.6. The number of allylic oxidation sites excluding steroid dienone is 3. The number of hydrogen-bond acceptors (Lipinski definition) is 21. The number of esters is 7. The Hall–Kier alpha value is -11.0. The number of hydrogen-bond donors (Lipinski definition) is 4. The number of rotatable bonds is 35. The van der Waals surface area contributed by atoms with Crippen molar-refractivity contribution in [1.29, 1.82) is 0 Å². The summed E-state index contributed by atoms with van der Waals surface area (Å²) in [5, 5.41) is 10.4. The molecule has 4 N–H and O–H groups in total. The third-order valence-corrected chi connectivity index (χ3v) is 13.8. The summed E-state index contributed by atoms with van der Waals surface area (Å²) >= 11 is 0. The fraction of sp³-hybridized carbons (Fsp3) is 0.387. The molecule has 542 valence electrons. The van der Waals surface area contributed by atoms with Gasteiger partial charge in [0.1, 0.15) is 35.7 Å². The molecule has 0 saturated carbocycles. The van der Waals surface area contributed by atoms with Crippen LogP contribution in [0.3, 0.4) is 0 Å². The molecule has 100 heavy (non-hydrogen) atoms. The second kappa shape index (κ2) is 53.1. The zero-order valence-corrected chi connectivity index (χ0v) is 59.0. The largest absolute Gasteiger partial charge is 0.469 e. The van der Waals surface area contributed by atoms with Crippen molar-refractivity contribution in [2.75, 3.05) is 49.8 Å². The number of ether oxygens (including phenoxy) is 7. The lowest BCUT2D eigenvalue weighted by atomic mass is 9.95. The number of benzene rings is 4. The maximum absolute atomic E-state index is 12.5. The molecule has 25 nitrogen and oxygen atoms in total. The molecule has 0 aliphatic rings. The van der Waals surface area contributed by atoms with Crippen LogP contribution in [0.2, 0.25) is 0 Å².